The fourth-order valence-corrected chi connectivity index (χ4v) is 2.35. The van der Waals surface area contributed by atoms with Gasteiger partial charge in [0.15, 0.2) is 0 Å². The summed E-state index contributed by atoms with van der Waals surface area (Å²) in [5.74, 6) is 1.23. The fraction of sp³-hybridized carbons (Fsp3) is 0.467. The maximum atomic E-state index is 5.71. The van der Waals surface area contributed by atoms with Crippen molar-refractivity contribution in [1.29, 1.82) is 0 Å². The molecule has 5 heteroatoms. The third-order valence-corrected chi connectivity index (χ3v) is 3.66. The van der Waals surface area contributed by atoms with Crippen LogP contribution in [-0.2, 0) is 16.9 Å². The van der Waals surface area contributed by atoms with E-state index in [-0.39, 0.29) is 5.60 Å². The molecular formula is C15H19N3O2. The molecule has 1 unspecified atom stereocenters. The maximum absolute atomic E-state index is 5.71. The first kappa shape index (κ1) is 13.1. The molecule has 2 heterocycles. The van der Waals surface area contributed by atoms with Gasteiger partial charge in [-0.3, -0.25) is 0 Å². The number of nitrogens with one attached hydrogen (secondary N) is 1. The lowest BCUT2D eigenvalue weighted by molar-refractivity contribution is 0.00768. The second kappa shape index (κ2) is 5.25. The summed E-state index contributed by atoms with van der Waals surface area (Å²) < 4.78 is 11.0. The molecule has 1 atom stereocenters. The molecule has 5 nitrogen and oxygen atoms in total. The third-order valence-electron chi connectivity index (χ3n) is 3.66. The molecule has 0 bridgehead atoms. The summed E-state index contributed by atoms with van der Waals surface area (Å²) in [6, 6.07) is 8.20. The Bertz CT molecular complexity index is 571. The van der Waals surface area contributed by atoms with Crippen LogP contribution < -0.4 is 5.32 Å². The van der Waals surface area contributed by atoms with Gasteiger partial charge in [-0.2, -0.15) is 4.98 Å². The molecule has 0 spiro atoms. The van der Waals surface area contributed by atoms with Crippen LogP contribution in [0.3, 0.4) is 0 Å². The highest BCUT2D eigenvalue weighted by Gasteiger charge is 2.36. The maximum Gasteiger partial charge on any atom is 0.246 e. The smallest absolute Gasteiger partial charge is 0.246 e. The minimum absolute atomic E-state index is 0.383. The van der Waals surface area contributed by atoms with Gasteiger partial charge in [-0.05, 0) is 38.8 Å². The number of aryl methyl sites for hydroxylation is 1. The van der Waals surface area contributed by atoms with Gasteiger partial charge in [-0.25, -0.2) is 0 Å². The van der Waals surface area contributed by atoms with Crippen molar-refractivity contribution in [2.45, 2.75) is 38.8 Å². The molecule has 1 aliphatic heterocycles. The number of anilines is 1. The Kier molecular flexibility index (Phi) is 3.44. The van der Waals surface area contributed by atoms with Crippen molar-refractivity contribution < 1.29 is 9.26 Å². The molecule has 1 aromatic heterocycles. The van der Waals surface area contributed by atoms with Crippen LogP contribution in [-0.4, -0.2) is 16.7 Å². The number of aromatic nitrogens is 2. The number of nitrogens with zero attached hydrogens (tertiary/aromatic N) is 2. The van der Waals surface area contributed by atoms with Gasteiger partial charge in [0.2, 0.25) is 11.7 Å². The van der Waals surface area contributed by atoms with Crippen molar-refractivity contribution >= 4 is 5.69 Å². The van der Waals surface area contributed by atoms with Gasteiger partial charge in [0, 0.05) is 12.3 Å². The zero-order valence-electron chi connectivity index (χ0n) is 11.8. The molecule has 20 heavy (non-hydrogen) atoms. The largest absolute Gasteiger partial charge is 0.376 e. The van der Waals surface area contributed by atoms with Gasteiger partial charge in [-0.1, -0.05) is 22.9 Å². The lowest BCUT2D eigenvalue weighted by Gasteiger charge is -2.17. The van der Waals surface area contributed by atoms with Crippen LogP contribution in [0.2, 0.25) is 0 Å². The molecule has 0 amide bonds. The summed E-state index contributed by atoms with van der Waals surface area (Å²) >= 11 is 0. The van der Waals surface area contributed by atoms with Gasteiger partial charge < -0.3 is 14.6 Å². The molecule has 1 saturated heterocycles. The van der Waals surface area contributed by atoms with Crippen molar-refractivity contribution in [2.75, 3.05) is 11.9 Å². The second-order valence-electron chi connectivity index (χ2n) is 5.41. The fourth-order valence-electron chi connectivity index (χ4n) is 2.35. The topological polar surface area (TPSA) is 60.2 Å². The predicted molar refractivity (Wildman–Crippen MR) is 75.3 cm³/mol. The van der Waals surface area contributed by atoms with Crippen molar-refractivity contribution in [3.8, 4) is 0 Å². The van der Waals surface area contributed by atoms with Crippen LogP contribution in [0.1, 0.15) is 37.0 Å². The molecule has 1 N–H and O–H groups in total. The van der Waals surface area contributed by atoms with Crippen LogP contribution in [0, 0.1) is 6.92 Å². The van der Waals surface area contributed by atoms with Crippen LogP contribution in [0.4, 0.5) is 5.69 Å². The number of rotatable bonds is 4. The Balaban J connectivity index is 1.64. The van der Waals surface area contributed by atoms with Gasteiger partial charge in [-0.15, -0.1) is 0 Å². The molecular weight excluding hydrogens is 254 g/mol. The van der Waals surface area contributed by atoms with E-state index >= 15 is 0 Å². The van der Waals surface area contributed by atoms with E-state index in [0.29, 0.717) is 18.3 Å². The average molecular weight is 273 g/mol. The Morgan fingerprint density at radius 1 is 1.30 bits per heavy atom. The van der Waals surface area contributed by atoms with E-state index in [2.05, 4.69) is 34.5 Å². The highest BCUT2D eigenvalue weighted by Crippen LogP contribution is 2.33. The summed E-state index contributed by atoms with van der Waals surface area (Å²) in [6.07, 6.45) is 1.99. The number of hydrogen-bond acceptors (Lipinski definition) is 5. The summed E-state index contributed by atoms with van der Waals surface area (Å²) in [5.41, 5.74) is 1.90. The summed E-state index contributed by atoms with van der Waals surface area (Å²) in [6.45, 7) is 5.37. The Morgan fingerprint density at radius 3 is 2.80 bits per heavy atom. The molecule has 1 aromatic carbocycles. The molecule has 2 aromatic rings. The second-order valence-corrected chi connectivity index (χ2v) is 5.41. The summed E-state index contributed by atoms with van der Waals surface area (Å²) in [4.78, 5) is 4.43. The van der Waals surface area contributed by atoms with E-state index < -0.39 is 0 Å². The van der Waals surface area contributed by atoms with Gasteiger partial charge in [0.1, 0.15) is 5.60 Å². The van der Waals surface area contributed by atoms with Crippen LogP contribution in [0.5, 0.6) is 0 Å². The van der Waals surface area contributed by atoms with Crippen molar-refractivity contribution in [3.05, 3.63) is 41.5 Å². The van der Waals surface area contributed by atoms with E-state index in [1.165, 1.54) is 5.56 Å². The number of ether oxygens (including phenoxy) is 1. The predicted octanol–water partition coefficient (Wildman–Crippen LogP) is 3.02. The normalized spacial score (nSPS) is 22.1. The van der Waals surface area contributed by atoms with E-state index in [1.807, 2.05) is 19.1 Å². The Hall–Kier alpha value is -1.88. The van der Waals surface area contributed by atoms with Gasteiger partial charge >= 0.3 is 0 Å². The minimum atomic E-state index is -0.383. The first-order valence-electron chi connectivity index (χ1n) is 6.93. The van der Waals surface area contributed by atoms with Crippen molar-refractivity contribution in [3.63, 3.8) is 0 Å². The third kappa shape index (κ3) is 2.67. The molecule has 1 aliphatic rings. The Labute approximate surface area is 118 Å². The molecule has 0 radical (unpaired) electrons. The lowest BCUT2D eigenvalue weighted by Crippen LogP contribution is -2.21. The summed E-state index contributed by atoms with van der Waals surface area (Å²) in [7, 11) is 0. The number of hydrogen-bond donors (Lipinski definition) is 1. The quantitative estimate of drug-likeness (QED) is 0.927. The van der Waals surface area contributed by atoms with E-state index in [4.69, 9.17) is 9.26 Å². The SMILES string of the molecule is Cc1ccc(NCc2nc(C3(C)CCCO3)no2)cc1. The van der Waals surface area contributed by atoms with Crippen LogP contribution in [0.15, 0.2) is 28.8 Å². The zero-order valence-corrected chi connectivity index (χ0v) is 11.8. The van der Waals surface area contributed by atoms with Crippen LogP contribution >= 0.6 is 0 Å². The highest BCUT2D eigenvalue weighted by atomic mass is 16.5. The standard InChI is InChI=1S/C15H19N3O2/c1-11-4-6-12(7-5-11)16-10-13-17-14(18-20-13)15(2)8-3-9-19-15/h4-7,16H,3,8-10H2,1-2H3. The summed E-state index contributed by atoms with van der Waals surface area (Å²) in [5, 5.41) is 7.31. The molecule has 1 fully saturated rings. The van der Waals surface area contributed by atoms with Crippen LogP contribution in [0.25, 0.3) is 0 Å². The molecule has 0 saturated carbocycles. The van der Waals surface area contributed by atoms with E-state index in [9.17, 15) is 0 Å². The highest BCUT2D eigenvalue weighted by molar-refractivity contribution is 5.44. The van der Waals surface area contributed by atoms with Crippen molar-refractivity contribution in [1.82, 2.24) is 10.1 Å². The molecule has 3 rings (SSSR count). The zero-order chi connectivity index (χ0) is 14.0. The molecule has 0 aliphatic carbocycles. The first-order chi connectivity index (χ1) is 9.66. The average Bonchev–Trinajstić information content (AvgIpc) is 3.08. The Morgan fingerprint density at radius 2 is 2.10 bits per heavy atom. The monoisotopic (exact) mass is 273 g/mol. The minimum Gasteiger partial charge on any atom is -0.376 e. The number of benzene rings is 1. The lowest BCUT2D eigenvalue weighted by atomic mass is 10.0. The first-order valence-corrected chi connectivity index (χ1v) is 6.93. The molecule has 106 valence electrons. The van der Waals surface area contributed by atoms with Crippen molar-refractivity contribution in [2.24, 2.45) is 0 Å². The van der Waals surface area contributed by atoms with E-state index in [0.717, 1.165) is 25.1 Å². The van der Waals surface area contributed by atoms with Gasteiger partial charge in [0.25, 0.3) is 0 Å². The van der Waals surface area contributed by atoms with Gasteiger partial charge in [0.05, 0.1) is 6.54 Å². The van der Waals surface area contributed by atoms with E-state index in [1.54, 1.807) is 0 Å².